The minimum atomic E-state index is -0.506. The van der Waals surface area contributed by atoms with Crippen molar-refractivity contribution in [3.63, 3.8) is 0 Å². The molecule has 0 radical (unpaired) electrons. The first kappa shape index (κ1) is 8.26. The van der Waals surface area contributed by atoms with Gasteiger partial charge in [-0.2, -0.15) is 0 Å². The van der Waals surface area contributed by atoms with Crippen LogP contribution in [0.1, 0.15) is 29.1 Å². The van der Waals surface area contributed by atoms with Crippen molar-refractivity contribution >= 4 is 5.97 Å². The third kappa shape index (κ3) is 1.31. The summed E-state index contributed by atoms with van der Waals surface area (Å²) in [4.78, 5) is 11.2. The third-order valence-corrected chi connectivity index (χ3v) is 1.97. The third-order valence-electron chi connectivity index (χ3n) is 1.97. The second kappa shape index (κ2) is 3.18. The molecule has 0 saturated carbocycles. The van der Waals surface area contributed by atoms with Gasteiger partial charge in [-0.15, -0.1) is 0 Å². The molecule has 68 valence electrons. The minimum absolute atomic E-state index is 0.297. The van der Waals surface area contributed by atoms with E-state index in [4.69, 9.17) is 9.47 Å². The molecule has 2 rings (SSSR count). The van der Waals surface area contributed by atoms with Crippen molar-refractivity contribution in [3.8, 4) is 0 Å². The molecule has 0 fully saturated rings. The Kier molecular flexibility index (Phi) is 2.02. The first-order valence-electron chi connectivity index (χ1n) is 4.24. The number of benzene rings is 1. The van der Waals surface area contributed by atoms with Crippen molar-refractivity contribution in [3.05, 3.63) is 35.4 Å². The molecule has 13 heavy (non-hydrogen) atoms. The summed E-state index contributed by atoms with van der Waals surface area (Å²) in [6.07, 6.45) is -0.506. The van der Waals surface area contributed by atoms with Crippen LogP contribution in [0.4, 0.5) is 0 Å². The molecular weight excluding hydrogens is 168 g/mol. The maximum atomic E-state index is 11.2. The van der Waals surface area contributed by atoms with Crippen molar-refractivity contribution in [2.75, 3.05) is 6.61 Å². The molecule has 1 aromatic carbocycles. The lowest BCUT2D eigenvalue weighted by Crippen LogP contribution is -2.03. The van der Waals surface area contributed by atoms with Crippen LogP contribution in [0.2, 0.25) is 0 Å². The van der Waals surface area contributed by atoms with Crippen molar-refractivity contribution < 1.29 is 14.3 Å². The van der Waals surface area contributed by atoms with Crippen LogP contribution in [-0.2, 0) is 9.47 Å². The minimum Gasteiger partial charge on any atom is -0.428 e. The molecule has 0 saturated heterocycles. The summed E-state index contributed by atoms with van der Waals surface area (Å²) >= 11 is 0. The summed E-state index contributed by atoms with van der Waals surface area (Å²) in [7, 11) is 0. The molecule has 1 heterocycles. The topological polar surface area (TPSA) is 35.5 Å². The largest absolute Gasteiger partial charge is 0.428 e. The fourth-order valence-electron chi connectivity index (χ4n) is 1.39. The predicted molar refractivity (Wildman–Crippen MR) is 46.2 cm³/mol. The highest BCUT2D eigenvalue weighted by molar-refractivity contribution is 5.93. The van der Waals surface area contributed by atoms with E-state index in [1.54, 1.807) is 6.07 Å². The van der Waals surface area contributed by atoms with E-state index in [2.05, 4.69) is 0 Å². The molecule has 0 aromatic heterocycles. The van der Waals surface area contributed by atoms with Crippen molar-refractivity contribution in [2.24, 2.45) is 0 Å². The number of ether oxygens (including phenoxy) is 2. The van der Waals surface area contributed by atoms with E-state index in [0.29, 0.717) is 12.2 Å². The quantitative estimate of drug-likeness (QED) is 0.649. The summed E-state index contributed by atoms with van der Waals surface area (Å²) in [5, 5.41) is 0. The van der Waals surface area contributed by atoms with Crippen molar-refractivity contribution in [2.45, 2.75) is 13.2 Å². The first-order chi connectivity index (χ1) is 6.33. The molecule has 0 bridgehead atoms. The Morgan fingerprint density at radius 1 is 1.46 bits per heavy atom. The van der Waals surface area contributed by atoms with Crippen molar-refractivity contribution in [1.82, 2.24) is 0 Å². The monoisotopic (exact) mass is 178 g/mol. The van der Waals surface area contributed by atoms with Gasteiger partial charge < -0.3 is 9.47 Å². The van der Waals surface area contributed by atoms with Crippen LogP contribution in [0.5, 0.6) is 0 Å². The Balaban J connectivity index is 2.36. The van der Waals surface area contributed by atoms with Gasteiger partial charge in [-0.25, -0.2) is 4.79 Å². The molecule has 3 nitrogen and oxygen atoms in total. The van der Waals surface area contributed by atoms with E-state index in [-0.39, 0.29) is 5.97 Å². The number of carbonyl (C=O) groups is 1. The van der Waals surface area contributed by atoms with Gasteiger partial charge in [-0.05, 0) is 13.0 Å². The fourth-order valence-corrected chi connectivity index (χ4v) is 1.39. The molecular formula is C10H10O3. The van der Waals surface area contributed by atoms with Gasteiger partial charge in [0.15, 0.2) is 0 Å². The predicted octanol–water partition coefficient (Wildman–Crippen LogP) is 1.89. The van der Waals surface area contributed by atoms with Crippen LogP contribution in [0.15, 0.2) is 24.3 Å². The van der Waals surface area contributed by atoms with Gasteiger partial charge in [0.05, 0.1) is 5.56 Å². The summed E-state index contributed by atoms with van der Waals surface area (Å²) < 4.78 is 10.3. The highest BCUT2D eigenvalue weighted by Crippen LogP contribution is 2.30. The second-order valence-corrected chi connectivity index (χ2v) is 2.78. The molecule has 0 spiro atoms. The molecule has 1 atom stereocenters. The zero-order valence-electron chi connectivity index (χ0n) is 7.32. The number of esters is 1. The van der Waals surface area contributed by atoms with E-state index in [0.717, 1.165) is 5.56 Å². The molecule has 0 amide bonds. The smallest absolute Gasteiger partial charge is 0.341 e. The highest BCUT2D eigenvalue weighted by Gasteiger charge is 2.30. The summed E-state index contributed by atoms with van der Waals surface area (Å²) in [5.74, 6) is -0.297. The molecule has 0 N–H and O–H groups in total. The van der Waals surface area contributed by atoms with E-state index >= 15 is 0 Å². The summed E-state index contributed by atoms with van der Waals surface area (Å²) in [6.45, 7) is 2.40. The SMILES string of the molecule is CCO[C@@H]1OC(=O)c2ccccc21. The Labute approximate surface area is 76.3 Å². The molecule has 1 aliphatic heterocycles. The maximum Gasteiger partial charge on any atom is 0.341 e. The van der Waals surface area contributed by atoms with Crippen LogP contribution in [-0.4, -0.2) is 12.6 Å². The van der Waals surface area contributed by atoms with Gasteiger partial charge in [0, 0.05) is 12.2 Å². The van der Waals surface area contributed by atoms with Gasteiger partial charge in [0.1, 0.15) is 0 Å². The molecule has 0 unspecified atom stereocenters. The number of hydrogen-bond donors (Lipinski definition) is 0. The Morgan fingerprint density at radius 3 is 3.00 bits per heavy atom. The van der Waals surface area contributed by atoms with Crippen LogP contribution < -0.4 is 0 Å². The lowest BCUT2D eigenvalue weighted by molar-refractivity contribution is -0.0993. The number of rotatable bonds is 2. The number of cyclic esters (lactones) is 1. The van der Waals surface area contributed by atoms with Gasteiger partial charge in [0.25, 0.3) is 0 Å². The van der Waals surface area contributed by atoms with E-state index in [1.807, 2.05) is 25.1 Å². The lowest BCUT2D eigenvalue weighted by Gasteiger charge is -2.09. The molecule has 1 aliphatic rings. The van der Waals surface area contributed by atoms with E-state index in [1.165, 1.54) is 0 Å². The summed E-state index contributed by atoms with van der Waals surface area (Å²) in [6, 6.07) is 7.28. The van der Waals surface area contributed by atoms with Gasteiger partial charge in [-0.3, -0.25) is 0 Å². The van der Waals surface area contributed by atoms with E-state index in [9.17, 15) is 4.79 Å². The molecule has 0 aliphatic carbocycles. The number of hydrogen-bond acceptors (Lipinski definition) is 3. The number of carbonyl (C=O) groups excluding carboxylic acids is 1. The van der Waals surface area contributed by atoms with Crippen LogP contribution in [0.25, 0.3) is 0 Å². The standard InChI is InChI=1S/C10H10O3/c1-2-12-10-8-6-4-3-5-7(8)9(11)13-10/h3-6,10H,2H2,1H3/t10-/m1/s1. The number of fused-ring (bicyclic) bond motifs is 1. The van der Waals surface area contributed by atoms with Crippen LogP contribution >= 0.6 is 0 Å². The van der Waals surface area contributed by atoms with Gasteiger partial charge in [-0.1, -0.05) is 18.2 Å². The lowest BCUT2D eigenvalue weighted by atomic mass is 10.1. The normalized spacial score (nSPS) is 19.8. The zero-order valence-corrected chi connectivity index (χ0v) is 7.32. The van der Waals surface area contributed by atoms with Crippen LogP contribution in [0.3, 0.4) is 0 Å². The Hall–Kier alpha value is -1.35. The molecule has 3 heteroatoms. The maximum absolute atomic E-state index is 11.2. The zero-order chi connectivity index (χ0) is 9.26. The van der Waals surface area contributed by atoms with Gasteiger partial charge in [0.2, 0.25) is 6.29 Å². The van der Waals surface area contributed by atoms with E-state index < -0.39 is 6.29 Å². The Morgan fingerprint density at radius 2 is 2.23 bits per heavy atom. The average Bonchev–Trinajstić information content (AvgIpc) is 2.46. The molecule has 1 aromatic rings. The van der Waals surface area contributed by atoms with Gasteiger partial charge >= 0.3 is 5.97 Å². The fraction of sp³-hybridized carbons (Fsp3) is 0.300. The average molecular weight is 178 g/mol. The Bertz CT molecular complexity index is 333. The highest BCUT2D eigenvalue weighted by atomic mass is 16.7. The summed E-state index contributed by atoms with van der Waals surface area (Å²) in [5.41, 5.74) is 1.44. The first-order valence-corrected chi connectivity index (χ1v) is 4.24. The van der Waals surface area contributed by atoms with Crippen LogP contribution in [0, 0.1) is 0 Å². The van der Waals surface area contributed by atoms with Crippen molar-refractivity contribution in [1.29, 1.82) is 0 Å². The second-order valence-electron chi connectivity index (χ2n) is 2.78.